The zero-order chi connectivity index (χ0) is 19.8. The van der Waals surface area contributed by atoms with E-state index in [2.05, 4.69) is 29.2 Å². The monoisotopic (exact) mass is 381 g/mol. The zero-order valence-corrected chi connectivity index (χ0v) is 16.7. The lowest BCUT2D eigenvalue weighted by Crippen LogP contribution is -2.58. The first-order valence-corrected chi connectivity index (χ1v) is 10.3. The Hall–Kier alpha value is -2.17. The van der Waals surface area contributed by atoms with Crippen LogP contribution in [0.4, 0.5) is 0 Å². The maximum absolute atomic E-state index is 12.5. The maximum atomic E-state index is 12.5. The lowest BCUT2D eigenvalue weighted by Gasteiger charge is -2.49. The van der Waals surface area contributed by atoms with E-state index in [1.807, 2.05) is 43.3 Å². The van der Waals surface area contributed by atoms with E-state index in [-0.39, 0.29) is 12.4 Å². The highest BCUT2D eigenvalue weighted by molar-refractivity contribution is 5.71. The van der Waals surface area contributed by atoms with Crippen LogP contribution in [0.25, 0.3) is 0 Å². The number of carbonyl (C=O) groups excluding carboxylic acids is 1. The van der Waals surface area contributed by atoms with Crippen LogP contribution < -0.4 is 0 Å². The summed E-state index contributed by atoms with van der Waals surface area (Å²) in [4.78, 5) is 14.8. The third kappa shape index (κ3) is 5.00. The largest absolute Gasteiger partial charge is 0.466 e. The molecule has 0 radical (unpaired) electrons. The first-order chi connectivity index (χ1) is 13.6. The van der Waals surface area contributed by atoms with Gasteiger partial charge in [-0.25, -0.2) is 0 Å². The molecule has 4 nitrogen and oxygen atoms in total. The fraction of sp³-hybridized carbons (Fsp3) is 0.458. The maximum Gasteiger partial charge on any atom is 0.307 e. The van der Waals surface area contributed by atoms with Gasteiger partial charge in [-0.05, 0) is 30.9 Å². The quantitative estimate of drug-likeness (QED) is 0.692. The van der Waals surface area contributed by atoms with Crippen molar-refractivity contribution in [3.05, 3.63) is 71.8 Å². The first-order valence-electron chi connectivity index (χ1n) is 10.3. The number of benzene rings is 2. The molecule has 0 aliphatic heterocycles. The molecule has 2 aromatic carbocycles. The Bertz CT molecular complexity index is 693. The highest BCUT2D eigenvalue weighted by Gasteiger charge is 2.46. The van der Waals surface area contributed by atoms with Gasteiger partial charge in [0.2, 0.25) is 0 Å². The molecule has 0 aromatic heterocycles. The Kier molecular flexibility index (Phi) is 7.24. The van der Waals surface area contributed by atoms with Gasteiger partial charge in [-0.3, -0.25) is 9.69 Å². The van der Waals surface area contributed by atoms with Gasteiger partial charge in [0.05, 0.1) is 24.7 Å². The van der Waals surface area contributed by atoms with Crippen LogP contribution in [-0.4, -0.2) is 34.2 Å². The molecule has 1 N–H and O–H groups in total. The SMILES string of the molecule is CCOC(=O)CC1(N(Cc2ccccc2)Cc2ccccc2)CCCCC1O. The molecule has 2 atom stereocenters. The van der Waals surface area contributed by atoms with E-state index in [0.717, 1.165) is 25.7 Å². The van der Waals surface area contributed by atoms with E-state index in [4.69, 9.17) is 4.74 Å². The average Bonchev–Trinajstić information content (AvgIpc) is 2.71. The highest BCUT2D eigenvalue weighted by Crippen LogP contribution is 2.39. The van der Waals surface area contributed by atoms with Crippen LogP contribution in [0.5, 0.6) is 0 Å². The predicted molar refractivity (Wildman–Crippen MR) is 111 cm³/mol. The summed E-state index contributed by atoms with van der Waals surface area (Å²) < 4.78 is 5.29. The molecular weight excluding hydrogens is 350 g/mol. The van der Waals surface area contributed by atoms with Crippen LogP contribution in [0, 0.1) is 0 Å². The van der Waals surface area contributed by atoms with E-state index in [9.17, 15) is 9.90 Å². The summed E-state index contributed by atoms with van der Waals surface area (Å²) in [6, 6.07) is 20.6. The fourth-order valence-corrected chi connectivity index (χ4v) is 4.33. The van der Waals surface area contributed by atoms with Crippen LogP contribution in [0.1, 0.15) is 50.2 Å². The summed E-state index contributed by atoms with van der Waals surface area (Å²) in [6.45, 7) is 3.56. The third-order valence-electron chi connectivity index (χ3n) is 5.78. The minimum Gasteiger partial charge on any atom is -0.466 e. The predicted octanol–water partition coefficient (Wildman–Crippen LogP) is 4.32. The Balaban J connectivity index is 1.95. The summed E-state index contributed by atoms with van der Waals surface area (Å²) in [5.41, 5.74) is 1.76. The summed E-state index contributed by atoms with van der Waals surface area (Å²) in [7, 11) is 0. The second-order valence-corrected chi connectivity index (χ2v) is 7.67. The Morgan fingerprint density at radius 3 is 2.11 bits per heavy atom. The number of hydrogen-bond acceptors (Lipinski definition) is 4. The van der Waals surface area contributed by atoms with Gasteiger partial charge in [-0.1, -0.05) is 73.5 Å². The average molecular weight is 382 g/mol. The van der Waals surface area contributed by atoms with Crippen LogP contribution in [0.15, 0.2) is 60.7 Å². The molecule has 0 amide bonds. The van der Waals surface area contributed by atoms with Crippen molar-refractivity contribution in [2.75, 3.05) is 6.61 Å². The zero-order valence-electron chi connectivity index (χ0n) is 16.7. The van der Waals surface area contributed by atoms with Crippen LogP contribution >= 0.6 is 0 Å². The van der Waals surface area contributed by atoms with Crippen molar-refractivity contribution in [3.63, 3.8) is 0 Å². The lowest BCUT2D eigenvalue weighted by molar-refractivity contribution is -0.153. The number of esters is 1. The molecule has 1 aliphatic rings. The van der Waals surface area contributed by atoms with Crippen molar-refractivity contribution in [1.29, 1.82) is 0 Å². The Morgan fingerprint density at radius 1 is 1.04 bits per heavy atom. The normalized spacial score (nSPS) is 22.2. The number of aliphatic hydroxyl groups excluding tert-OH is 1. The van der Waals surface area contributed by atoms with Gasteiger partial charge in [0.25, 0.3) is 0 Å². The van der Waals surface area contributed by atoms with Crippen LogP contribution in [0.2, 0.25) is 0 Å². The third-order valence-corrected chi connectivity index (χ3v) is 5.78. The van der Waals surface area contributed by atoms with E-state index < -0.39 is 11.6 Å². The van der Waals surface area contributed by atoms with Gasteiger partial charge in [-0.2, -0.15) is 0 Å². The molecule has 150 valence electrons. The summed E-state index contributed by atoms with van der Waals surface area (Å²) in [5.74, 6) is -0.227. The molecule has 3 rings (SSSR count). The molecule has 28 heavy (non-hydrogen) atoms. The molecular formula is C24H31NO3. The first kappa shape index (κ1) is 20.6. The molecule has 0 heterocycles. The lowest BCUT2D eigenvalue weighted by atomic mass is 9.75. The smallest absolute Gasteiger partial charge is 0.307 e. The molecule has 0 spiro atoms. The molecule has 4 heteroatoms. The van der Waals surface area contributed by atoms with Gasteiger partial charge in [0.15, 0.2) is 0 Å². The standard InChI is InChI=1S/C24H31NO3/c1-2-28-23(27)17-24(16-10-9-15-22(24)26)25(18-20-11-5-3-6-12-20)19-21-13-7-4-8-14-21/h3-8,11-14,22,26H,2,9-10,15-19H2,1H3. The van der Waals surface area contributed by atoms with Gasteiger partial charge in [0.1, 0.15) is 0 Å². The molecule has 1 saturated carbocycles. The van der Waals surface area contributed by atoms with Gasteiger partial charge < -0.3 is 9.84 Å². The number of rotatable bonds is 8. The van der Waals surface area contributed by atoms with Crippen LogP contribution in [0.3, 0.4) is 0 Å². The number of aliphatic hydroxyl groups is 1. The molecule has 1 fully saturated rings. The Morgan fingerprint density at radius 2 is 1.61 bits per heavy atom. The highest BCUT2D eigenvalue weighted by atomic mass is 16.5. The van der Waals surface area contributed by atoms with E-state index >= 15 is 0 Å². The topological polar surface area (TPSA) is 49.8 Å². The van der Waals surface area contributed by atoms with Crippen molar-refractivity contribution in [3.8, 4) is 0 Å². The second kappa shape index (κ2) is 9.85. The molecule has 0 saturated heterocycles. The van der Waals surface area contributed by atoms with Crippen molar-refractivity contribution in [2.45, 2.75) is 63.8 Å². The number of carbonyl (C=O) groups is 1. The second-order valence-electron chi connectivity index (χ2n) is 7.67. The van der Waals surface area contributed by atoms with Crippen molar-refractivity contribution >= 4 is 5.97 Å². The van der Waals surface area contributed by atoms with E-state index in [0.29, 0.717) is 19.7 Å². The number of hydrogen-bond donors (Lipinski definition) is 1. The minimum atomic E-state index is -0.601. The van der Waals surface area contributed by atoms with E-state index in [1.165, 1.54) is 11.1 Å². The molecule has 0 bridgehead atoms. The summed E-state index contributed by atoms with van der Waals surface area (Å²) >= 11 is 0. The molecule has 2 unspecified atom stereocenters. The number of ether oxygens (including phenoxy) is 1. The van der Waals surface area contributed by atoms with Crippen molar-refractivity contribution < 1.29 is 14.6 Å². The fourth-order valence-electron chi connectivity index (χ4n) is 4.33. The molecule has 2 aromatic rings. The summed E-state index contributed by atoms with van der Waals surface area (Å²) in [6.07, 6.45) is 3.21. The Labute approximate surface area is 168 Å². The van der Waals surface area contributed by atoms with Gasteiger partial charge in [-0.15, -0.1) is 0 Å². The van der Waals surface area contributed by atoms with Crippen molar-refractivity contribution in [2.24, 2.45) is 0 Å². The number of nitrogens with zero attached hydrogens (tertiary/aromatic N) is 1. The van der Waals surface area contributed by atoms with Gasteiger partial charge in [0, 0.05) is 13.1 Å². The minimum absolute atomic E-state index is 0.224. The molecule has 1 aliphatic carbocycles. The van der Waals surface area contributed by atoms with Gasteiger partial charge >= 0.3 is 5.97 Å². The van der Waals surface area contributed by atoms with E-state index in [1.54, 1.807) is 0 Å². The van der Waals surface area contributed by atoms with Crippen molar-refractivity contribution in [1.82, 2.24) is 4.90 Å². The summed E-state index contributed by atoms with van der Waals surface area (Å²) in [5, 5.41) is 11.1. The van der Waals surface area contributed by atoms with Crippen LogP contribution in [-0.2, 0) is 22.6 Å².